The summed E-state index contributed by atoms with van der Waals surface area (Å²) in [5, 5.41) is 0. The molecule has 0 spiro atoms. The Morgan fingerprint density at radius 1 is 0.537 bits per heavy atom. The van der Waals surface area contributed by atoms with Crippen molar-refractivity contribution in [2.24, 2.45) is 41.4 Å². The van der Waals surface area contributed by atoms with Gasteiger partial charge in [0.05, 0.1) is 25.4 Å². The van der Waals surface area contributed by atoms with Crippen LogP contribution < -0.4 is 4.74 Å². The molecule has 6 unspecified atom stereocenters. The topological polar surface area (TPSA) is 27.7 Å². The number of hydrogen-bond acceptors (Lipinski definition) is 3. The van der Waals surface area contributed by atoms with Gasteiger partial charge in [0, 0.05) is 11.1 Å². The van der Waals surface area contributed by atoms with Crippen molar-refractivity contribution < 1.29 is 14.2 Å². The molecule has 0 saturated heterocycles. The summed E-state index contributed by atoms with van der Waals surface area (Å²) in [5.41, 5.74) is 4.51. The molecule has 0 N–H and O–H groups in total. The lowest BCUT2D eigenvalue weighted by molar-refractivity contribution is -0.00784. The van der Waals surface area contributed by atoms with Crippen LogP contribution in [0, 0.1) is 41.4 Å². The first-order valence-electron chi connectivity index (χ1n) is 22.1. The lowest BCUT2D eigenvalue weighted by atomic mass is 9.68. The molecule has 5 rings (SSSR count). The maximum Gasteiger partial charge on any atom is 0.135 e. The Balaban J connectivity index is 0.000000427. The molecule has 3 aromatic carbocycles. The van der Waals surface area contributed by atoms with Crippen molar-refractivity contribution in [1.29, 1.82) is 0 Å². The van der Waals surface area contributed by atoms with E-state index in [1.807, 2.05) is 53.7 Å². The minimum atomic E-state index is 0.210. The molecule has 0 radical (unpaired) electrons. The van der Waals surface area contributed by atoms with Crippen LogP contribution in [0.5, 0.6) is 5.75 Å². The Kier molecular flexibility index (Phi) is 26.3. The highest BCUT2D eigenvalue weighted by Crippen LogP contribution is 2.41. The van der Waals surface area contributed by atoms with Crippen LogP contribution in [0.15, 0.2) is 78.9 Å². The average Bonchev–Trinajstić information content (AvgIpc) is 3.18. The quantitative estimate of drug-likeness (QED) is 0.173. The highest BCUT2D eigenvalue weighted by molar-refractivity contribution is 5.82. The number of ether oxygens (including phenoxy) is 3. The maximum absolute atomic E-state index is 6.20. The number of hydrogen-bond donors (Lipinski definition) is 0. The second kappa shape index (κ2) is 28.7. The number of para-hydroxylation sites is 1. The van der Waals surface area contributed by atoms with Gasteiger partial charge < -0.3 is 14.2 Å². The van der Waals surface area contributed by atoms with E-state index in [9.17, 15) is 0 Å². The normalized spacial score (nSPS) is 23.3. The van der Waals surface area contributed by atoms with Gasteiger partial charge in [-0.15, -0.1) is 0 Å². The molecule has 0 aromatic heterocycles. The molecule has 2 aliphatic rings. The van der Waals surface area contributed by atoms with E-state index in [0.29, 0.717) is 19.3 Å². The van der Waals surface area contributed by atoms with Crippen molar-refractivity contribution >= 4 is 0 Å². The van der Waals surface area contributed by atoms with Crippen molar-refractivity contribution in [3.63, 3.8) is 0 Å². The summed E-state index contributed by atoms with van der Waals surface area (Å²) >= 11 is 0. The van der Waals surface area contributed by atoms with Crippen LogP contribution in [-0.4, -0.2) is 32.0 Å². The SMILES string of the molecule is CC.CC.CC(C)OCCOc1c(-c2ccccc2)cccc1-c1ccccc1.CCC1CC(C)CC(C)C1.CCC1CC(C)CC(C)C1COC(C)C. The number of rotatable bonds is 12. The minimum absolute atomic E-state index is 0.210. The third-order valence-corrected chi connectivity index (χ3v) is 10.8. The lowest BCUT2D eigenvalue weighted by Gasteiger charge is -2.39. The van der Waals surface area contributed by atoms with Crippen LogP contribution in [0.2, 0.25) is 0 Å². The smallest absolute Gasteiger partial charge is 0.135 e. The molecule has 3 nitrogen and oxygen atoms in total. The summed E-state index contributed by atoms with van der Waals surface area (Å²) in [5.74, 6) is 7.39. The number of benzene rings is 3. The molecule has 0 amide bonds. The van der Waals surface area contributed by atoms with Crippen LogP contribution in [0.4, 0.5) is 0 Å². The van der Waals surface area contributed by atoms with Crippen molar-refractivity contribution in [1.82, 2.24) is 0 Å². The predicted molar refractivity (Wildman–Crippen MR) is 238 cm³/mol. The van der Waals surface area contributed by atoms with Gasteiger partial charge in [-0.25, -0.2) is 0 Å². The molecule has 2 fully saturated rings. The minimum Gasteiger partial charge on any atom is -0.490 e. The fourth-order valence-corrected chi connectivity index (χ4v) is 8.39. The highest BCUT2D eigenvalue weighted by atomic mass is 16.5. The van der Waals surface area contributed by atoms with Gasteiger partial charge >= 0.3 is 0 Å². The van der Waals surface area contributed by atoms with Gasteiger partial charge in [-0.3, -0.25) is 0 Å². The first-order valence-corrected chi connectivity index (χ1v) is 22.1. The van der Waals surface area contributed by atoms with Crippen LogP contribution in [0.3, 0.4) is 0 Å². The van der Waals surface area contributed by atoms with Crippen molar-refractivity contribution in [2.75, 3.05) is 19.8 Å². The summed E-state index contributed by atoms with van der Waals surface area (Å²) in [4.78, 5) is 0. The average molecular weight is 745 g/mol. The van der Waals surface area contributed by atoms with E-state index in [4.69, 9.17) is 14.2 Å². The Labute approximate surface area is 335 Å². The van der Waals surface area contributed by atoms with Crippen molar-refractivity contribution in [2.45, 2.75) is 154 Å². The molecule has 2 saturated carbocycles. The highest BCUT2D eigenvalue weighted by Gasteiger charge is 2.33. The Bertz CT molecular complexity index is 1240. The molecular formula is C51H84O3. The van der Waals surface area contributed by atoms with E-state index in [2.05, 4.69) is 122 Å². The van der Waals surface area contributed by atoms with E-state index in [1.54, 1.807) is 0 Å². The summed E-state index contributed by atoms with van der Waals surface area (Å²) in [7, 11) is 0. The summed E-state index contributed by atoms with van der Waals surface area (Å²) in [6, 6.07) is 27.0. The van der Waals surface area contributed by atoms with E-state index in [1.165, 1.54) is 44.9 Å². The summed E-state index contributed by atoms with van der Waals surface area (Å²) in [6.45, 7) is 32.7. The van der Waals surface area contributed by atoms with Gasteiger partial charge in [0.25, 0.3) is 0 Å². The fraction of sp³-hybridized carbons (Fsp3) is 0.647. The molecule has 306 valence electrons. The molecule has 0 bridgehead atoms. The first kappa shape index (κ1) is 49.4. The molecule has 0 heterocycles. The third kappa shape index (κ3) is 18.3. The van der Waals surface area contributed by atoms with Gasteiger partial charge in [0.1, 0.15) is 12.4 Å². The molecule has 54 heavy (non-hydrogen) atoms. The van der Waals surface area contributed by atoms with Crippen LogP contribution in [0.1, 0.15) is 142 Å². The van der Waals surface area contributed by atoms with Crippen LogP contribution in [0.25, 0.3) is 22.3 Å². The van der Waals surface area contributed by atoms with Crippen molar-refractivity contribution in [3.8, 4) is 28.0 Å². The van der Waals surface area contributed by atoms with E-state index < -0.39 is 0 Å². The van der Waals surface area contributed by atoms with Crippen LogP contribution >= 0.6 is 0 Å². The zero-order chi connectivity index (χ0) is 40.5. The van der Waals surface area contributed by atoms with E-state index in [0.717, 1.165) is 76.0 Å². The van der Waals surface area contributed by atoms with Gasteiger partial charge in [0.2, 0.25) is 0 Å². The molecule has 6 atom stereocenters. The molecule has 2 aliphatic carbocycles. The third-order valence-electron chi connectivity index (χ3n) is 10.8. The molecule has 3 heteroatoms. The van der Waals surface area contributed by atoms with Crippen molar-refractivity contribution in [3.05, 3.63) is 78.9 Å². The zero-order valence-corrected chi connectivity index (χ0v) is 37.5. The summed E-state index contributed by atoms with van der Waals surface area (Å²) in [6.07, 6.45) is 10.6. The van der Waals surface area contributed by atoms with E-state index >= 15 is 0 Å². The van der Waals surface area contributed by atoms with Crippen LogP contribution in [-0.2, 0) is 9.47 Å². The lowest BCUT2D eigenvalue weighted by Crippen LogP contribution is -2.34. The Hall–Kier alpha value is -2.62. The summed E-state index contributed by atoms with van der Waals surface area (Å²) < 4.78 is 17.7. The second-order valence-corrected chi connectivity index (χ2v) is 16.1. The molecule has 0 aliphatic heterocycles. The maximum atomic E-state index is 6.20. The predicted octanol–water partition coefficient (Wildman–Crippen LogP) is 15.5. The largest absolute Gasteiger partial charge is 0.490 e. The fourth-order valence-electron chi connectivity index (χ4n) is 8.39. The Morgan fingerprint density at radius 2 is 1.02 bits per heavy atom. The zero-order valence-electron chi connectivity index (χ0n) is 37.5. The molecule has 3 aromatic rings. The van der Waals surface area contributed by atoms with E-state index in [-0.39, 0.29) is 6.10 Å². The Morgan fingerprint density at radius 3 is 1.46 bits per heavy atom. The van der Waals surface area contributed by atoms with Gasteiger partial charge in [-0.2, -0.15) is 0 Å². The molecular weight excluding hydrogens is 661 g/mol. The standard InChI is InChI=1S/C23H24O2.C14H28O.C10H20.2C2H6/c1-18(2)24-16-17-25-23-21(19-10-5-3-6-11-19)14-9-15-22(23)20-12-7-4-8-13-20;1-6-13-8-11(4)7-12(5)14(13)9-15-10(2)3;1-4-10-6-8(2)5-9(3)7-10;2*1-2/h3-15,18H,16-17H2,1-2H3;10-14H,6-9H2,1-5H3;8-10H,4-7H2,1-3H3;2*1-2H3. The second-order valence-electron chi connectivity index (χ2n) is 16.1. The van der Waals surface area contributed by atoms with Gasteiger partial charge in [-0.1, -0.05) is 161 Å². The van der Waals surface area contributed by atoms with Gasteiger partial charge in [0.15, 0.2) is 0 Å². The first-order chi connectivity index (χ1) is 26.0. The monoisotopic (exact) mass is 745 g/mol. The van der Waals surface area contributed by atoms with Gasteiger partial charge in [-0.05, 0) is 112 Å².